The van der Waals surface area contributed by atoms with E-state index in [2.05, 4.69) is 27.7 Å². The Morgan fingerprint density at radius 3 is 1.55 bits per heavy atom. The van der Waals surface area contributed by atoms with Gasteiger partial charge in [0.2, 0.25) is 0 Å². The molecule has 0 rings (SSSR count). The fourth-order valence-corrected chi connectivity index (χ4v) is 4.35. The number of carboxylic acids is 2. The second-order valence-corrected chi connectivity index (χ2v) is 9.76. The summed E-state index contributed by atoms with van der Waals surface area (Å²) in [4.78, 5) is 24.8. The topological polar surface area (TPSA) is 77.8 Å². The van der Waals surface area contributed by atoms with Crippen LogP contribution in [0.4, 0.5) is 0 Å². The molecular weight excluding hydrogens is 390 g/mol. The van der Waals surface area contributed by atoms with Crippen molar-refractivity contribution in [1.82, 2.24) is 4.90 Å². The van der Waals surface area contributed by atoms with Gasteiger partial charge in [-0.1, -0.05) is 104 Å². The van der Waals surface area contributed by atoms with Crippen LogP contribution in [-0.2, 0) is 9.59 Å². The Bertz CT molecular complexity index is 453. The number of carboxylic acid groups (broad SMARTS) is 2. The van der Waals surface area contributed by atoms with E-state index >= 15 is 0 Å². The Labute approximate surface area is 192 Å². The van der Waals surface area contributed by atoms with Crippen molar-refractivity contribution in [2.45, 2.75) is 143 Å². The Kier molecular flexibility index (Phi) is 18.9. The van der Waals surface area contributed by atoms with Crippen molar-refractivity contribution in [1.29, 1.82) is 0 Å². The molecule has 0 aliphatic rings. The minimum atomic E-state index is -0.931. The molecule has 1 unspecified atom stereocenters. The first-order valence-electron chi connectivity index (χ1n) is 13.0. The fourth-order valence-electron chi connectivity index (χ4n) is 4.35. The summed E-state index contributed by atoms with van der Waals surface area (Å²) in [7, 11) is 0. The number of hydrogen-bond donors (Lipinski definition) is 2. The average molecular weight is 442 g/mol. The molecule has 0 aromatic rings. The van der Waals surface area contributed by atoms with Crippen molar-refractivity contribution in [3.05, 3.63) is 0 Å². The molecule has 2 N–H and O–H groups in total. The van der Waals surface area contributed by atoms with Crippen molar-refractivity contribution in [3.8, 4) is 0 Å². The summed E-state index contributed by atoms with van der Waals surface area (Å²) in [5, 5.41) is 18.6. The SMILES string of the molecule is CCCCCCCCCCCCCCCC(C)N(CC(C)C)[C@@H](CCC(=O)O)C(=O)O. The van der Waals surface area contributed by atoms with Crippen LogP contribution in [0.5, 0.6) is 0 Å². The third-order valence-corrected chi connectivity index (χ3v) is 6.18. The highest BCUT2D eigenvalue weighted by Crippen LogP contribution is 2.20. The van der Waals surface area contributed by atoms with Crippen LogP contribution in [0.3, 0.4) is 0 Å². The second kappa shape index (κ2) is 19.6. The van der Waals surface area contributed by atoms with E-state index in [1.165, 1.54) is 77.0 Å². The molecule has 0 aliphatic carbocycles. The zero-order valence-corrected chi connectivity index (χ0v) is 20.9. The first kappa shape index (κ1) is 29.9. The molecule has 31 heavy (non-hydrogen) atoms. The number of unbranched alkanes of at least 4 members (excludes halogenated alkanes) is 12. The minimum Gasteiger partial charge on any atom is -0.481 e. The molecule has 5 nitrogen and oxygen atoms in total. The van der Waals surface area contributed by atoms with E-state index < -0.39 is 18.0 Å². The molecule has 0 saturated heterocycles. The lowest BCUT2D eigenvalue weighted by atomic mass is 10.00. The predicted molar refractivity (Wildman–Crippen MR) is 130 cm³/mol. The molecule has 0 aromatic carbocycles. The van der Waals surface area contributed by atoms with Gasteiger partial charge in [-0.2, -0.15) is 0 Å². The molecule has 0 bridgehead atoms. The van der Waals surface area contributed by atoms with Crippen molar-refractivity contribution < 1.29 is 19.8 Å². The quantitative estimate of drug-likeness (QED) is 0.175. The van der Waals surface area contributed by atoms with Crippen LogP contribution in [0.2, 0.25) is 0 Å². The summed E-state index contributed by atoms with van der Waals surface area (Å²) >= 11 is 0. The fraction of sp³-hybridized carbons (Fsp3) is 0.923. The van der Waals surface area contributed by atoms with Gasteiger partial charge in [0.25, 0.3) is 0 Å². The van der Waals surface area contributed by atoms with E-state index in [4.69, 9.17) is 5.11 Å². The monoisotopic (exact) mass is 441 g/mol. The Morgan fingerprint density at radius 1 is 0.710 bits per heavy atom. The van der Waals surface area contributed by atoms with Gasteiger partial charge >= 0.3 is 11.9 Å². The summed E-state index contributed by atoms with van der Waals surface area (Å²) in [6.45, 7) is 9.22. The van der Waals surface area contributed by atoms with Crippen LogP contribution >= 0.6 is 0 Å². The number of aliphatic carboxylic acids is 2. The summed E-state index contributed by atoms with van der Waals surface area (Å²) in [6, 6.07) is -0.555. The molecule has 0 aliphatic heterocycles. The highest BCUT2D eigenvalue weighted by molar-refractivity contribution is 5.75. The maximum absolute atomic E-state index is 11.8. The van der Waals surface area contributed by atoms with Crippen LogP contribution in [0.15, 0.2) is 0 Å². The number of carbonyl (C=O) groups is 2. The second-order valence-electron chi connectivity index (χ2n) is 9.76. The van der Waals surface area contributed by atoms with Crippen LogP contribution in [0.25, 0.3) is 0 Å². The van der Waals surface area contributed by atoms with E-state index in [0.717, 1.165) is 12.8 Å². The number of hydrogen-bond acceptors (Lipinski definition) is 3. The van der Waals surface area contributed by atoms with Gasteiger partial charge in [0, 0.05) is 19.0 Å². The molecule has 0 heterocycles. The maximum Gasteiger partial charge on any atom is 0.320 e. The maximum atomic E-state index is 11.8. The van der Waals surface area contributed by atoms with Crippen molar-refractivity contribution in [3.63, 3.8) is 0 Å². The zero-order valence-electron chi connectivity index (χ0n) is 20.9. The number of rotatable bonds is 22. The van der Waals surface area contributed by atoms with Gasteiger partial charge in [0.05, 0.1) is 0 Å². The van der Waals surface area contributed by atoms with Gasteiger partial charge < -0.3 is 10.2 Å². The van der Waals surface area contributed by atoms with Gasteiger partial charge in [-0.05, 0) is 25.7 Å². The van der Waals surface area contributed by atoms with E-state index in [1.54, 1.807) is 0 Å². The largest absolute Gasteiger partial charge is 0.481 e. The van der Waals surface area contributed by atoms with Crippen molar-refractivity contribution >= 4 is 11.9 Å². The lowest BCUT2D eigenvalue weighted by molar-refractivity contribution is -0.145. The minimum absolute atomic E-state index is 0.100. The zero-order chi connectivity index (χ0) is 23.5. The summed E-state index contributed by atoms with van der Waals surface area (Å²) in [5.74, 6) is -1.49. The molecule has 0 amide bonds. The highest BCUT2D eigenvalue weighted by Gasteiger charge is 2.30. The van der Waals surface area contributed by atoms with Crippen molar-refractivity contribution in [2.75, 3.05) is 6.54 Å². The Hall–Kier alpha value is -1.10. The molecular formula is C26H51NO4. The average Bonchev–Trinajstić information content (AvgIpc) is 2.69. The predicted octanol–water partition coefficient (Wildman–Crippen LogP) is 7.13. The van der Waals surface area contributed by atoms with Gasteiger partial charge in [0.15, 0.2) is 0 Å². The lowest BCUT2D eigenvalue weighted by Gasteiger charge is -2.35. The summed E-state index contributed by atoms with van der Waals surface area (Å²) in [6.07, 6.45) is 18.3. The summed E-state index contributed by atoms with van der Waals surface area (Å²) in [5.41, 5.74) is 0. The molecule has 2 atom stereocenters. The molecule has 0 radical (unpaired) electrons. The first-order valence-corrected chi connectivity index (χ1v) is 13.0. The molecule has 5 heteroatoms. The van der Waals surface area contributed by atoms with E-state index in [0.29, 0.717) is 12.5 Å². The van der Waals surface area contributed by atoms with Gasteiger partial charge in [-0.3, -0.25) is 14.5 Å². The molecule has 0 aromatic heterocycles. The molecule has 0 saturated carbocycles. The Balaban J connectivity index is 4.08. The molecule has 184 valence electrons. The number of nitrogens with zero attached hydrogens (tertiary/aromatic N) is 1. The van der Waals surface area contributed by atoms with E-state index in [1.807, 2.05) is 4.90 Å². The van der Waals surface area contributed by atoms with Crippen LogP contribution in [-0.4, -0.2) is 45.7 Å². The van der Waals surface area contributed by atoms with Crippen LogP contribution in [0.1, 0.15) is 130 Å². The van der Waals surface area contributed by atoms with Gasteiger partial charge in [-0.25, -0.2) is 0 Å². The third-order valence-electron chi connectivity index (χ3n) is 6.18. The van der Waals surface area contributed by atoms with Gasteiger partial charge in [0.1, 0.15) is 6.04 Å². The van der Waals surface area contributed by atoms with Gasteiger partial charge in [-0.15, -0.1) is 0 Å². The summed E-state index contributed by atoms with van der Waals surface area (Å²) < 4.78 is 0. The van der Waals surface area contributed by atoms with Crippen LogP contribution < -0.4 is 0 Å². The lowest BCUT2D eigenvalue weighted by Crippen LogP contribution is -2.48. The highest BCUT2D eigenvalue weighted by atomic mass is 16.4. The standard InChI is InChI=1S/C26H51NO4/c1-5-6-7-8-9-10-11-12-13-14-15-16-17-18-23(4)27(21-22(2)3)24(26(30)31)19-20-25(28)29/h22-24H,5-21H2,1-4H3,(H,28,29)(H,30,31)/t23?,24-/m0/s1. The van der Waals surface area contributed by atoms with Crippen LogP contribution in [0, 0.1) is 5.92 Å². The molecule has 0 spiro atoms. The van der Waals surface area contributed by atoms with E-state index in [-0.39, 0.29) is 18.9 Å². The van der Waals surface area contributed by atoms with Crippen molar-refractivity contribution in [2.24, 2.45) is 5.92 Å². The smallest absolute Gasteiger partial charge is 0.320 e. The normalized spacial score (nSPS) is 13.6. The third kappa shape index (κ3) is 17.2. The van der Waals surface area contributed by atoms with E-state index in [9.17, 15) is 14.7 Å². The molecule has 0 fully saturated rings. The first-order chi connectivity index (χ1) is 14.8. The Morgan fingerprint density at radius 2 is 1.16 bits per heavy atom.